The Balaban J connectivity index is 1.90. The standard InChI is InChI=1S/C6H10N4O/c1-2-5(11-3-1)4-6-7-9-10-8-6/h5H,1-4H2,(H,7,8,9,10). The summed E-state index contributed by atoms with van der Waals surface area (Å²) in [5, 5.41) is 13.6. The second-order valence-electron chi connectivity index (χ2n) is 2.67. The van der Waals surface area contributed by atoms with Crippen LogP contribution in [0.15, 0.2) is 0 Å². The van der Waals surface area contributed by atoms with Crippen molar-refractivity contribution in [3.05, 3.63) is 5.82 Å². The van der Waals surface area contributed by atoms with Crippen LogP contribution in [-0.2, 0) is 11.2 Å². The minimum Gasteiger partial charge on any atom is -0.378 e. The van der Waals surface area contributed by atoms with Gasteiger partial charge in [-0.3, -0.25) is 0 Å². The van der Waals surface area contributed by atoms with Gasteiger partial charge in [0, 0.05) is 13.0 Å². The van der Waals surface area contributed by atoms with Gasteiger partial charge in [-0.15, -0.1) is 10.2 Å². The van der Waals surface area contributed by atoms with E-state index in [9.17, 15) is 0 Å². The fourth-order valence-corrected chi connectivity index (χ4v) is 1.28. The van der Waals surface area contributed by atoms with Crippen molar-refractivity contribution in [2.45, 2.75) is 25.4 Å². The quantitative estimate of drug-likeness (QED) is 0.647. The highest BCUT2D eigenvalue weighted by Gasteiger charge is 2.17. The van der Waals surface area contributed by atoms with Crippen LogP contribution in [0.4, 0.5) is 0 Å². The zero-order valence-corrected chi connectivity index (χ0v) is 6.16. The Morgan fingerprint density at radius 1 is 1.64 bits per heavy atom. The molecule has 2 heterocycles. The lowest BCUT2D eigenvalue weighted by molar-refractivity contribution is 0.110. The molecule has 1 atom stereocenters. The summed E-state index contributed by atoms with van der Waals surface area (Å²) in [6, 6.07) is 0. The number of rotatable bonds is 2. The smallest absolute Gasteiger partial charge is 0.177 e. The largest absolute Gasteiger partial charge is 0.378 e. The summed E-state index contributed by atoms with van der Waals surface area (Å²) in [5.74, 6) is 0.747. The van der Waals surface area contributed by atoms with E-state index in [-0.39, 0.29) is 0 Å². The van der Waals surface area contributed by atoms with Gasteiger partial charge in [0.2, 0.25) is 0 Å². The van der Waals surface area contributed by atoms with Crippen LogP contribution in [0, 0.1) is 0 Å². The molecule has 0 spiro atoms. The Labute approximate surface area is 64.1 Å². The van der Waals surface area contributed by atoms with Crippen molar-refractivity contribution < 1.29 is 4.74 Å². The first-order valence-electron chi connectivity index (χ1n) is 3.79. The van der Waals surface area contributed by atoms with Crippen LogP contribution in [0.1, 0.15) is 18.7 Å². The lowest BCUT2D eigenvalue weighted by Gasteiger charge is -2.03. The number of nitrogens with zero attached hydrogens (tertiary/aromatic N) is 3. The second kappa shape index (κ2) is 2.96. The van der Waals surface area contributed by atoms with Crippen LogP contribution in [0.5, 0.6) is 0 Å². The summed E-state index contributed by atoms with van der Waals surface area (Å²) in [6.45, 7) is 0.877. The van der Waals surface area contributed by atoms with E-state index in [0.717, 1.165) is 31.7 Å². The number of hydrogen-bond donors (Lipinski definition) is 1. The van der Waals surface area contributed by atoms with Gasteiger partial charge in [-0.2, -0.15) is 5.21 Å². The molecule has 1 fully saturated rings. The molecule has 0 aromatic carbocycles. The number of H-pyrrole nitrogens is 1. The van der Waals surface area contributed by atoms with Gasteiger partial charge in [0.25, 0.3) is 0 Å². The number of nitrogens with one attached hydrogen (secondary N) is 1. The van der Waals surface area contributed by atoms with Gasteiger partial charge in [0.05, 0.1) is 6.10 Å². The molecule has 0 radical (unpaired) electrons. The first-order chi connectivity index (χ1) is 5.45. The maximum atomic E-state index is 5.40. The van der Waals surface area contributed by atoms with E-state index in [0.29, 0.717) is 6.10 Å². The Bertz CT molecular complexity index is 204. The third-order valence-corrected chi connectivity index (χ3v) is 1.82. The molecule has 1 aromatic heterocycles. The monoisotopic (exact) mass is 154 g/mol. The molecule has 5 nitrogen and oxygen atoms in total. The fourth-order valence-electron chi connectivity index (χ4n) is 1.28. The molecule has 2 rings (SSSR count). The average Bonchev–Trinajstić information content (AvgIpc) is 2.60. The molecule has 1 saturated heterocycles. The predicted octanol–water partition coefficient (Wildman–Crippen LogP) is -0.0788. The summed E-state index contributed by atoms with van der Waals surface area (Å²) in [5.41, 5.74) is 0. The first-order valence-corrected chi connectivity index (χ1v) is 3.79. The van der Waals surface area contributed by atoms with E-state index in [1.165, 1.54) is 0 Å². The molecule has 0 bridgehead atoms. The average molecular weight is 154 g/mol. The zero-order valence-electron chi connectivity index (χ0n) is 6.16. The summed E-state index contributed by atoms with van der Waals surface area (Å²) >= 11 is 0. The van der Waals surface area contributed by atoms with E-state index in [1.54, 1.807) is 0 Å². The topological polar surface area (TPSA) is 63.7 Å². The summed E-state index contributed by atoms with van der Waals surface area (Å²) in [6.07, 6.45) is 3.38. The molecule has 0 saturated carbocycles. The van der Waals surface area contributed by atoms with Gasteiger partial charge in [0.1, 0.15) is 0 Å². The van der Waals surface area contributed by atoms with Gasteiger partial charge in [-0.25, -0.2) is 0 Å². The molecule has 1 unspecified atom stereocenters. The van der Waals surface area contributed by atoms with Crippen LogP contribution >= 0.6 is 0 Å². The van der Waals surface area contributed by atoms with Gasteiger partial charge >= 0.3 is 0 Å². The maximum Gasteiger partial charge on any atom is 0.177 e. The van der Waals surface area contributed by atoms with Gasteiger partial charge < -0.3 is 4.74 Å². The Kier molecular flexibility index (Phi) is 1.81. The van der Waals surface area contributed by atoms with E-state index < -0.39 is 0 Å². The molecule has 1 N–H and O–H groups in total. The molecular formula is C6H10N4O. The summed E-state index contributed by atoms with van der Waals surface area (Å²) in [7, 11) is 0. The van der Waals surface area contributed by atoms with Crippen molar-refractivity contribution in [2.24, 2.45) is 0 Å². The van der Waals surface area contributed by atoms with Crippen molar-refractivity contribution >= 4 is 0 Å². The first kappa shape index (κ1) is 6.72. The number of aromatic amines is 1. The van der Waals surface area contributed by atoms with E-state index in [2.05, 4.69) is 20.6 Å². The molecule has 1 aliphatic heterocycles. The summed E-state index contributed by atoms with van der Waals surface area (Å²) in [4.78, 5) is 0. The molecule has 5 heteroatoms. The number of aromatic nitrogens is 4. The maximum absolute atomic E-state index is 5.40. The van der Waals surface area contributed by atoms with E-state index >= 15 is 0 Å². The van der Waals surface area contributed by atoms with Gasteiger partial charge in [-0.1, -0.05) is 5.21 Å². The van der Waals surface area contributed by atoms with Crippen molar-refractivity contribution in [1.29, 1.82) is 0 Å². The van der Waals surface area contributed by atoms with Gasteiger partial charge in [0.15, 0.2) is 5.82 Å². The Hall–Kier alpha value is -0.970. The third-order valence-electron chi connectivity index (χ3n) is 1.82. The van der Waals surface area contributed by atoms with Crippen molar-refractivity contribution in [2.75, 3.05) is 6.61 Å². The molecule has 0 aliphatic carbocycles. The zero-order chi connectivity index (χ0) is 7.52. The number of hydrogen-bond acceptors (Lipinski definition) is 4. The Morgan fingerprint density at radius 3 is 3.27 bits per heavy atom. The van der Waals surface area contributed by atoms with Crippen LogP contribution in [0.3, 0.4) is 0 Å². The normalized spacial score (nSPS) is 24.2. The molecule has 11 heavy (non-hydrogen) atoms. The molecule has 1 aromatic rings. The van der Waals surface area contributed by atoms with E-state index in [1.807, 2.05) is 0 Å². The Morgan fingerprint density at radius 2 is 2.64 bits per heavy atom. The van der Waals surface area contributed by atoms with Crippen molar-refractivity contribution in [3.8, 4) is 0 Å². The third kappa shape index (κ3) is 1.54. The minimum absolute atomic E-state index is 0.313. The molecule has 0 amide bonds. The van der Waals surface area contributed by atoms with Crippen LogP contribution in [0.25, 0.3) is 0 Å². The molecule has 1 aliphatic rings. The lowest BCUT2D eigenvalue weighted by atomic mass is 10.2. The molecule has 60 valence electrons. The fraction of sp³-hybridized carbons (Fsp3) is 0.833. The van der Waals surface area contributed by atoms with Crippen LogP contribution in [-0.4, -0.2) is 33.3 Å². The number of ether oxygens (including phenoxy) is 1. The lowest BCUT2D eigenvalue weighted by Crippen LogP contribution is -2.09. The van der Waals surface area contributed by atoms with Crippen LogP contribution in [0.2, 0.25) is 0 Å². The van der Waals surface area contributed by atoms with Gasteiger partial charge in [-0.05, 0) is 12.8 Å². The highest BCUT2D eigenvalue weighted by Crippen LogP contribution is 2.14. The number of tetrazole rings is 1. The minimum atomic E-state index is 0.313. The predicted molar refractivity (Wildman–Crippen MR) is 36.9 cm³/mol. The molecular weight excluding hydrogens is 144 g/mol. The summed E-state index contributed by atoms with van der Waals surface area (Å²) < 4.78 is 5.40. The van der Waals surface area contributed by atoms with Crippen molar-refractivity contribution in [3.63, 3.8) is 0 Å². The van der Waals surface area contributed by atoms with E-state index in [4.69, 9.17) is 4.74 Å². The second-order valence-corrected chi connectivity index (χ2v) is 2.67. The highest BCUT2D eigenvalue weighted by atomic mass is 16.5. The van der Waals surface area contributed by atoms with Crippen LogP contribution < -0.4 is 0 Å². The van der Waals surface area contributed by atoms with Crippen molar-refractivity contribution in [1.82, 2.24) is 20.6 Å². The highest BCUT2D eigenvalue weighted by molar-refractivity contribution is 4.82. The SMILES string of the molecule is C1COC(Cc2nn[nH]n2)C1.